The maximum atomic E-state index is 12.2. The molecular formula is C23H32ClF3N6O4. The van der Waals surface area contributed by atoms with Gasteiger partial charge in [-0.2, -0.15) is 13.2 Å². The van der Waals surface area contributed by atoms with Crippen molar-refractivity contribution in [1.29, 1.82) is 0 Å². The molecule has 0 spiro atoms. The van der Waals surface area contributed by atoms with Crippen LogP contribution in [0.3, 0.4) is 0 Å². The first kappa shape index (κ1) is 31.7. The molecule has 1 aromatic carbocycles. The lowest BCUT2D eigenvalue weighted by Gasteiger charge is -2.30. The van der Waals surface area contributed by atoms with Crippen LogP contribution in [0.4, 0.5) is 24.8 Å². The highest BCUT2D eigenvalue weighted by Gasteiger charge is 2.28. The molecule has 0 radical (unpaired) electrons. The van der Waals surface area contributed by atoms with Crippen molar-refractivity contribution in [3.8, 4) is 5.75 Å². The second-order valence-electron chi connectivity index (χ2n) is 8.89. The molecule has 6 N–H and O–H groups in total. The Morgan fingerprint density at radius 3 is 2.16 bits per heavy atom. The number of aromatic nitrogens is 2. The van der Waals surface area contributed by atoms with Gasteiger partial charge in [0.25, 0.3) is 5.91 Å². The van der Waals surface area contributed by atoms with Crippen LogP contribution in [-0.2, 0) is 11.2 Å². The second kappa shape index (κ2) is 14.4. The fourth-order valence-electron chi connectivity index (χ4n) is 3.22. The molecule has 2 rings (SSSR count). The number of nitrogens with two attached hydrogens (primary N) is 2. The number of aryl methyl sites for hydroxylation is 1. The number of rotatable bonds is 11. The number of carboxylic acids is 1. The lowest BCUT2D eigenvalue weighted by Crippen LogP contribution is -2.41. The average Bonchev–Trinajstić information content (AvgIpc) is 2.79. The minimum Gasteiger partial charge on any atom is -0.542 e. The van der Waals surface area contributed by atoms with Crippen LogP contribution in [0, 0.1) is 0 Å². The van der Waals surface area contributed by atoms with Crippen molar-refractivity contribution in [1.82, 2.24) is 15.3 Å². The van der Waals surface area contributed by atoms with Gasteiger partial charge in [0.05, 0.1) is 27.2 Å². The summed E-state index contributed by atoms with van der Waals surface area (Å²) >= 11 is 5.81. The summed E-state index contributed by atoms with van der Waals surface area (Å²) in [5, 5.41) is 20.9. The number of aromatic hydroxyl groups is 1. The van der Waals surface area contributed by atoms with Gasteiger partial charge < -0.3 is 36.3 Å². The zero-order chi connectivity index (χ0) is 28.2. The predicted molar refractivity (Wildman–Crippen MR) is 131 cm³/mol. The number of nitrogens with one attached hydrogen (secondary N) is 1. The molecular weight excluding hydrogens is 517 g/mol. The molecule has 0 saturated heterocycles. The molecule has 14 heteroatoms. The van der Waals surface area contributed by atoms with Crippen molar-refractivity contribution in [2.45, 2.75) is 38.3 Å². The molecule has 0 saturated carbocycles. The first-order chi connectivity index (χ1) is 17.1. The molecule has 0 aliphatic carbocycles. The van der Waals surface area contributed by atoms with E-state index in [9.17, 15) is 23.1 Å². The number of carbonyl (C=O) groups is 2. The summed E-state index contributed by atoms with van der Waals surface area (Å²) in [5.41, 5.74) is 12.5. The minimum absolute atomic E-state index is 0.000582. The number of nitrogen functional groups attached to an aromatic ring is 2. The van der Waals surface area contributed by atoms with E-state index in [-0.39, 0.29) is 22.5 Å². The van der Waals surface area contributed by atoms with Gasteiger partial charge in [0.15, 0.2) is 22.5 Å². The number of quaternary nitrogens is 1. The summed E-state index contributed by atoms with van der Waals surface area (Å²) in [6.07, 6.45) is -0.119. The monoisotopic (exact) mass is 548 g/mol. The Labute approximate surface area is 218 Å². The number of phenols is 1. The SMILES string of the molecule is C[N+](C)(CCCCCNC(=O)c1nc(Cl)c(N)nc1N)CCCc1ccc(O)cc1.O=C([O-])C(F)(F)F. The van der Waals surface area contributed by atoms with Crippen LogP contribution in [-0.4, -0.2) is 71.3 Å². The predicted octanol–water partition coefficient (Wildman–Crippen LogP) is 1.91. The van der Waals surface area contributed by atoms with E-state index in [1.165, 1.54) is 5.56 Å². The number of aliphatic carboxylic acids is 1. The van der Waals surface area contributed by atoms with Crippen LogP contribution in [0.15, 0.2) is 24.3 Å². The molecule has 37 heavy (non-hydrogen) atoms. The zero-order valence-electron chi connectivity index (χ0n) is 20.6. The number of phenolic OH excluding ortho intramolecular Hbond substituents is 1. The lowest BCUT2D eigenvalue weighted by molar-refractivity contribution is -0.890. The first-order valence-electron chi connectivity index (χ1n) is 11.4. The number of nitrogens with zero attached hydrogens (tertiary/aromatic N) is 3. The van der Waals surface area contributed by atoms with Crippen molar-refractivity contribution in [3.63, 3.8) is 0 Å². The maximum Gasteiger partial charge on any atom is 0.430 e. The fourth-order valence-corrected chi connectivity index (χ4v) is 3.35. The molecule has 1 heterocycles. The highest BCUT2D eigenvalue weighted by molar-refractivity contribution is 6.31. The number of halogens is 4. The van der Waals surface area contributed by atoms with Crippen molar-refractivity contribution >= 4 is 35.1 Å². The Morgan fingerprint density at radius 2 is 1.59 bits per heavy atom. The van der Waals surface area contributed by atoms with Gasteiger partial charge in [-0.25, -0.2) is 9.97 Å². The third-order valence-corrected chi connectivity index (χ3v) is 5.52. The molecule has 206 valence electrons. The Hall–Kier alpha value is -3.32. The van der Waals surface area contributed by atoms with Crippen LogP contribution >= 0.6 is 11.6 Å². The first-order valence-corrected chi connectivity index (χ1v) is 11.7. The van der Waals surface area contributed by atoms with E-state index >= 15 is 0 Å². The van der Waals surface area contributed by atoms with Gasteiger partial charge in [-0.3, -0.25) is 4.79 Å². The van der Waals surface area contributed by atoms with Crippen molar-refractivity contribution in [2.75, 3.05) is 45.2 Å². The Kier molecular flexibility index (Phi) is 12.4. The fraction of sp³-hybridized carbons (Fsp3) is 0.478. The summed E-state index contributed by atoms with van der Waals surface area (Å²) in [7, 11) is 4.48. The molecule has 1 aromatic heterocycles. The van der Waals surface area contributed by atoms with E-state index in [2.05, 4.69) is 29.4 Å². The Morgan fingerprint density at radius 1 is 1.03 bits per heavy atom. The number of anilines is 2. The van der Waals surface area contributed by atoms with E-state index in [0.717, 1.165) is 49.7 Å². The van der Waals surface area contributed by atoms with Gasteiger partial charge in [0, 0.05) is 13.0 Å². The van der Waals surface area contributed by atoms with Gasteiger partial charge in [-0.15, -0.1) is 0 Å². The van der Waals surface area contributed by atoms with E-state index < -0.39 is 18.1 Å². The molecule has 0 fully saturated rings. The Balaban J connectivity index is 0.000000856. The molecule has 10 nitrogen and oxygen atoms in total. The topological polar surface area (TPSA) is 167 Å². The minimum atomic E-state index is -5.19. The van der Waals surface area contributed by atoms with Crippen molar-refractivity contribution in [2.24, 2.45) is 0 Å². The standard InChI is InChI=1S/C21H31ClN6O2.C2HF3O2/c1-28(2,14-6-7-15-8-10-16(29)11-9-15)13-5-3-4-12-25-21(30)17-19(23)27-20(24)18(22)26-17;3-2(4,5)1(6)7/h8-11H,3-7,12-14H2,1-2H3,(H5-,23,24,25,27,29,30);(H,6,7). The smallest absolute Gasteiger partial charge is 0.430 e. The number of unbranched alkanes of at least 4 members (excludes halogenated alkanes) is 2. The molecule has 2 aromatic rings. The lowest BCUT2D eigenvalue weighted by atomic mass is 10.1. The van der Waals surface area contributed by atoms with Crippen molar-refractivity contribution in [3.05, 3.63) is 40.7 Å². The summed E-state index contributed by atoms with van der Waals surface area (Å²) in [6.45, 7) is 2.71. The molecule has 1 amide bonds. The van der Waals surface area contributed by atoms with E-state index in [4.69, 9.17) is 33.0 Å². The number of carbonyl (C=O) groups excluding carboxylic acids is 2. The molecule has 0 unspecified atom stereocenters. The van der Waals surface area contributed by atoms with Crippen molar-refractivity contribution < 1.29 is 37.5 Å². The van der Waals surface area contributed by atoms with E-state index in [1.54, 1.807) is 12.1 Å². The highest BCUT2D eigenvalue weighted by Crippen LogP contribution is 2.17. The summed E-state index contributed by atoms with van der Waals surface area (Å²) in [4.78, 5) is 28.7. The van der Waals surface area contributed by atoms with Crippen LogP contribution in [0.2, 0.25) is 5.15 Å². The van der Waals surface area contributed by atoms with Crippen LogP contribution in [0.5, 0.6) is 5.75 Å². The third-order valence-electron chi connectivity index (χ3n) is 5.24. The summed E-state index contributed by atoms with van der Waals surface area (Å²) < 4.78 is 32.5. The molecule has 0 aliphatic heterocycles. The van der Waals surface area contributed by atoms with Crippen LogP contribution < -0.4 is 21.9 Å². The third kappa shape index (κ3) is 12.5. The average molecular weight is 549 g/mol. The molecule has 0 aliphatic rings. The molecule has 0 atom stereocenters. The van der Waals surface area contributed by atoms with Crippen LogP contribution in [0.1, 0.15) is 41.7 Å². The maximum absolute atomic E-state index is 12.2. The second-order valence-corrected chi connectivity index (χ2v) is 9.25. The van der Waals surface area contributed by atoms with Gasteiger partial charge in [-0.1, -0.05) is 23.7 Å². The Bertz CT molecular complexity index is 1040. The van der Waals surface area contributed by atoms with Gasteiger partial charge in [0.2, 0.25) is 0 Å². The van der Waals surface area contributed by atoms with Gasteiger partial charge in [-0.05, 0) is 43.4 Å². The quantitative estimate of drug-likeness (QED) is 0.244. The number of hydrogen-bond donors (Lipinski definition) is 4. The van der Waals surface area contributed by atoms with Gasteiger partial charge in [0.1, 0.15) is 11.7 Å². The van der Waals surface area contributed by atoms with E-state index in [0.29, 0.717) is 12.3 Å². The van der Waals surface area contributed by atoms with Gasteiger partial charge >= 0.3 is 6.18 Å². The number of amides is 1. The zero-order valence-corrected chi connectivity index (χ0v) is 21.4. The van der Waals surface area contributed by atoms with E-state index in [1.807, 2.05) is 12.1 Å². The largest absolute Gasteiger partial charge is 0.542 e. The number of carboxylic acid groups (broad SMARTS) is 1. The number of benzene rings is 1. The summed E-state index contributed by atoms with van der Waals surface area (Å²) in [5.74, 6) is -3.12. The normalized spacial score (nSPS) is 11.4. The van der Waals surface area contributed by atoms with Crippen LogP contribution in [0.25, 0.3) is 0 Å². The number of alkyl halides is 3. The highest BCUT2D eigenvalue weighted by atomic mass is 35.5. The summed E-state index contributed by atoms with van der Waals surface area (Å²) in [6, 6.07) is 7.41. The molecule has 0 bridgehead atoms. The number of hydrogen-bond acceptors (Lipinski definition) is 8.